The number of anilines is 1. The molecule has 0 bridgehead atoms. The molecule has 0 fully saturated rings. The van der Waals surface area contributed by atoms with Crippen molar-refractivity contribution in [1.29, 1.82) is 0 Å². The van der Waals surface area contributed by atoms with Crippen molar-refractivity contribution in [2.45, 2.75) is 55.0 Å². The molecule has 2 N–H and O–H groups in total. The summed E-state index contributed by atoms with van der Waals surface area (Å²) in [6.07, 6.45) is 1.68. The van der Waals surface area contributed by atoms with E-state index in [2.05, 4.69) is 41.7 Å². The van der Waals surface area contributed by atoms with Gasteiger partial charge in [-0.1, -0.05) is 57.5 Å². The molecule has 0 spiro atoms. The Morgan fingerprint density at radius 1 is 1.03 bits per heavy atom. The molecule has 6 heteroatoms. The van der Waals surface area contributed by atoms with Crippen LogP contribution in [0.1, 0.15) is 55.5 Å². The Balaban J connectivity index is 0.00000121. The predicted octanol–water partition coefficient (Wildman–Crippen LogP) is 4.74. The molecule has 0 unspecified atom stereocenters. The lowest BCUT2D eigenvalue weighted by molar-refractivity contribution is -0.110. The number of hydrogen-bond acceptors (Lipinski definition) is 4. The minimum absolute atomic E-state index is 0.204. The Hall–Kier alpha value is -2.99. The van der Waals surface area contributed by atoms with Gasteiger partial charge in [0.05, 0.1) is 5.69 Å². The molecule has 0 aliphatic carbocycles. The lowest BCUT2D eigenvalue weighted by Gasteiger charge is -2.23. The van der Waals surface area contributed by atoms with E-state index in [0.29, 0.717) is 5.84 Å². The summed E-state index contributed by atoms with van der Waals surface area (Å²) in [6.45, 7) is 14.6. The molecule has 0 aliphatic rings. The second-order valence-electron chi connectivity index (χ2n) is 7.45. The number of benzene rings is 2. The molecule has 2 aromatic rings. The monoisotopic (exact) mass is 440 g/mol. The number of amidine groups is 1. The second-order valence-corrected chi connectivity index (χ2v) is 7.45. The molecule has 32 heavy (non-hydrogen) atoms. The first-order valence-corrected chi connectivity index (χ1v) is 11.0. The number of nitrogens with one attached hydrogen (secondary N) is 2. The maximum Gasteiger partial charge on any atom is 0.232 e. The molecule has 0 saturated heterocycles. The first kappa shape index (κ1) is 29.0. The van der Waals surface area contributed by atoms with Crippen LogP contribution < -0.4 is 15.8 Å². The van der Waals surface area contributed by atoms with Gasteiger partial charge in [-0.25, -0.2) is 5.01 Å². The highest BCUT2D eigenvalue weighted by Gasteiger charge is 2.15. The zero-order chi connectivity index (χ0) is 24.7. The van der Waals surface area contributed by atoms with E-state index in [4.69, 9.17) is 0 Å². The Morgan fingerprint density at radius 3 is 2.03 bits per heavy atom. The molecule has 0 aliphatic heterocycles. The molecular weight excluding hydrogens is 400 g/mol. The highest BCUT2D eigenvalue weighted by molar-refractivity contribution is 6.03. The van der Waals surface area contributed by atoms with Crippen molar-refractivity contribution in [3.05, 3.63) is 64.2 Å². The summed E-state index contributed by atoms with van der Waals surface area (Å²) in [5, 5.41) is 4.63. The van der Waals surface area contributed by atoms with Gasteiger partial charge in [-0.15, -0.1) is 0 Å². The number of amides is 1. The van der Waals surface area contributed by atoms with Crippen LogP contribution in [-0.2, 0) is 16.1 Å². The van der Waals surface area contributed by atoms with E-state index < -0.39 is 0 Å². The fourth-order valence-corrected chi connectivity index (χ4v) is 2.83. The van der Waals surface area contributed by atoms with Crippen LogP contribution in [0.4, 0.5) is 5.69 Å². The van der Waals surface area contributed by atoms with Gasteiger partial charge in [0, 0.05) is 25.1 Å². The number of carbonyl (C=O) groups is 2. The lowest BCUT2D eigenvalue weighted by atomic mass is 9.96. The van der Waals surface area contributed by atoms with Gasteiger partial charge in [0.15, 0.2) is 0 Å². The van der Waals surface area contributed by atoms with Crippen molar-refractivity contribution in [3.63, 3.8) is 0 Å². The van der Waals surface area contributed by atoms with Gasteiger partial charge in [0.25, 0.3) is 0 Å². The number of rotatable bonds is 7. The summed E-state index contributed by atoms with van der Waals surface area (Å²) in [5.74, 6) is 0.871. The van der Waals surface area contributed by atoms with E-state index in [1.807, 2.05) is 65.9 Å². The van der Waals surface area contributed by atoms with E-state index >= 15 is 0 Å². The molecule has 0 atom stereocenters. The van der Waals surface area contributed by atoms with Crippen LogP contribution in [0.15, 0.2) is 41.4 Å². The first-order chi connectivity index (χ1) is 15.3. The Labute approximate surface area is 194 Å². The van der Waals surface area contributed by atoms with E-state index in [-0.39, 0.29) is 5.92 Å². The Morgan fingerprint density at radius 2 is 1.59 bits per heavy atom. The standard InChI is InChI=1S/C20H26N4O.C4H8O.C2H6/c1-14-6-10-18(11-7-14)24(13-25)23-20(22-5)19-15(2)8-9-17(12-21-4)16(19)3;1-4(2)3-5;1-2/h6-11,13,21H,12H2,1-5H3,(H,22,23);3-4H,1-2H3;1-2H3. The minimum Gasteiger partial charge on any atom is -0.316 e. The molecule has 0 aromatic heterocycles. The summed E-state index contributed by atoms with van der Waals surface area (Å²) < 4.78 is 0. The smallest absolute Gasteiger partial charge is 0.232 e. The summed E-state index contributed by atoms with van der Waals surface area (Å²) >= 11 is 0. The Bertz CT molecular complexity index is 859. The van der Waals surface area contributed by atoms with Crippen molar-refractivity contribution in [1.82, 2.24) is 10.7 Å². The molecule has 2 aromatic carbocycles. The van der Waals surface area contributed by atoms with Crippen molar-refractivity contribution in [2.24, 2.45) is 10.9 Å². The molecule has 6 nitrogen and oxygen atoms in total. The summed E-state index contributed by atoms with van der Waals surface area (Å²) in [5.41, 5.74) is 9.55. The van der Waals surface area contributed by atoms with Crippen LogP contribution >= 0.6 is 0 Å². The normalized spacial score (nSPS) is 10.4. The first-order valence-electron chi connectivity index (χ1n) is 11.0. The molecule has 0 saturated carbocycles. The highest BCUT2D eigenvalue weighted by Crippen LogP contribution is 2.20. The average molecular weight is 441 g/mol. The van der Waals surface area contributed by atoms with Gasteiger partial charge in [0.2, 0.25) is 6.41 Å². The van der Waals surface area contributed by atoms with Crippen molar-refractivity contribution in [2.75, 3.05) is 19.1 Å². The number of aldehydes is 1. The van der Waals surface area contributed by atoms with Gasteiger partial charge in [-0.3, -0.25) is 15.2 Å². The lowest BCUT2D eigenvalue weighted by Crippen LogP contribution is -2.42. The van der Waals surface area contributed by atoms with Gasteiger partial charge in [-0.2, -0.15) is 0 Å². The molecule has 0 radical (unpaired) electrons. The van der Waals surface area contributed by atoms with E-state index in [1.165, 1.54) is 10.6 Å². The second kappa shape index (κ2) is 15.8. The summed E-state index contributed by atoms with van der Waals surface area (Å²) in [6, 6.07) is 12.0. The van der Waals surface area contributed by atoms with Gasteiger partial charge in [-0.05, 0) is 56.6 Å². The maximum absolute atomic E-state index is 11.6. The zero-order valence-electron chi connectivity index (χ0n) is 21.1. The third-order valence-corrected chi connectivity index (χ3v) is 4.53. The van der Waals surface area contributed by atoms with E-state index in [9.17, 15) is 9.59 Å². The van der Waals surface area contributed by atoms with Gasteiger partial charge in [0.1, 0.15) is 12.1 Å². The van der Waals surface area contributed by atoms with Gasteiger partial charge < -0.3 is 10.1 Å². The van der Waals surface area contributed by atoms with E-state index in [0.717, 1.165) is 47.2 Å². The van der Waals surface area contributed by atoms with Crippen molar-refractivity contribution >= 4 is 24.2 Å². The van der Waals surface area contributed by atoms with Crippen molar-refractivity contribution in [3.8, 4) is 0 Å². The molecule has 1 amide bonds. The summed E-state index contributed by atoms with van der Waals surface area (Å²) in [4.78, 5) is 25.5. The maximum atomic E-state index is 11.6. The topological polar surface area (TPSA) is 73.8 Å². The SMILES string of the molecule is CC.CC(C)C=O.CN=C(NN(C=O)c1ccc(C)cc1)c1c(C)ccc(CNC)c1C. The third-order valence-electron chi connectivity index (χ3n) is 4.53. The van der Waals surface area contributed by atoms with Crippen LogP contribution in [0.3, 0.4) is 0 Å². The number of hydrazine groups is 1. The van der Waals surface area contributed by atoms with Crippen molar-refractivity contribution < 1.29 is 9.59 Å². The largest absolute Gasteiger partial charge is 0.316 e. The minimum atomic E-state index is 0.204. The quantitative estimate of drug-likeness (QED) is 0.282. The van der Waals surface area contributed by atoms with Crippen LogP contribution in [0.2, 0.25) is 0 Å². The third kappa shape index (κ3) is 9.02. The van der Waals surface area contributed by atoms with Crippen LogP contribution in [0, 0.1) is 26.7 Å². The Kier molecular flexibility index (Phi) is 14.3. The highest BCUT2D eigenvalue weighted by atomic mass is 16.1. The molecule has 176 valence electrons. The zero-order valence-corrected chi connectivity index (χ0v) is 21.1. The summed E-state index contributed by atoms with van der Waals surface area (Å²) in [7, 11) is 3.65. The number of carbonyl (C=O) groups excluding carboxylic acids is 2. The molecule has 2 rings (SSSR count). The molecule has 0 heterocycles. The number of aliphatic imine (C=N–C) groups is 1. The van der Waals surface area contributed by atoms with Crippen LogP contribution in [0.25, 0.3) is 0 Å². The fraction of sp³-hybridized carbons (Fsp3) is 0.423. The van der Waals surface area contributed by atoms with E-state index in [1.54, 1.807) is 7.05 Å². The average Bonchev–Trinajstić information content (AvgIpc) is 2.80. The molecular formula is C26H40N4O2. The van der Waals surface area contributed by atoms with Crippen LogP contribution in [-0.4, -0.2) is 32.6 Å². The van der Waals surface area contributed by atoms with Gasteiger partial charge >= 0.3 is 0 Å². The number of nitrogens with zero attached hydrogens (tertiary/aromatic N) is 2. The van der Waals surface area contributed by atoms with Crippen LogP contribution in [0.5, 0.6) is 0 Å². The number of aryl methyl sites for hydroxylation is 2. The fourth-order valence-electron chi connectivity index (χ4n) is 2.83. The number of hydrogen-bond donors (Lipinski definition) is 2. The predicted molar refractivity (Wildman–Crippen MR) is 136 cm³/mol.